The minimum Gasteiger partial charge on any atom is -0.366 e. The van der Waals surface area contributed by atoms with E-state index in [4.69, 9.17) is 5.73 Å². The van der Waals surface area contributed by atoms with E-state index in [2.05, 4.69) is 15.3 Å². The first kappa shape index (κ1) is 21.9. The highest BCUT2D eigenvalue weighted by atomic mass is 32.2. The Kier molecular flexibility index (Phi) is 6.47. The number of hydrogen-bond donors (Lipinski definition) is 2. The van der Waals surface area contributed by atoms with Crippen LogP contribution in [-0.2, 0) is 0 Å². The smallest absolute Gasteiger partial charge is 0.270 e. The Labute approximate surface area is 191 Å². The second-order valence-electron chi connectivity index (χ2n) is 7.32. The molecule has 2 amide bonds. The molecule has 1 aliphatic carbocycles. The van der Waals surface area contributed by atoms with E-state index in [1.165, 1.54) is 47.4 Å². The number of nitrogens with one attached hydrogen (secondary N) is 1. The van der Waals surface area contributed by atoms with Crippen molar-refractivity contribution in [1.82, 2.24) is 9.97 Å². The zero-order valence-electron chi connectivity index (χ0n) is 16.8. The Balaban J connectivity index is 1.64. The molecule has 0 radical (unpaired) electrons. The number of primary amides is 1. The number of nitro benzene ring substituents is 1. The molecular weight excluding hydrogens is 450 g/mol. The van der Waals surface area contributed by atoms with Gasteiger partial charge in [-0.3, -0.25) is 24.7 Å². The maximum absolute atomic E-state index is 13.0. The molecule has 3 N–H and O–H groups in total. The SMILES string of the molecule is NC(=O)c1cc(NC(=O)c2cc([N+](=O)[O-])ccc2Sc2cncs2)ncc1C1CCCC1. The number of pyridine rings is 1. The van der Waals surface area contributed by atoms with Gasteiger partial charge in [0.25, 0.3) is 11.6 Å². The Bertz CT molecular complexity index is 1180. The molecule has 32 heavy (non-hydrogen) atoms. The normalized spacial score (nSPS) is 13.8. The molecule has 0 atom stereocenters. The van der Waals surface area contributed by atoms with Crippen LogP contribution in [0.3, 0.4) is 0 Å². The molecule has 2 aromatic heterocycles. The topological polar surface area (TPSA) is 141 Å². The van der Waals surface area contributed by atoms with E-state index in [1.807, 2.05) is 0 Å². The minimum absolute atomic E-state index is 0.125. The van der Waals surface area contributed by atoms with Crippen LogP contribution in [0, 0.1) is 10.1 Å². The number of rotatable bonds is 7. The maximum Gasteiger partial charge on any atom is 0.270 e. The van der Waals surface area contributed by atoms with E-state index < -0.39 is 16.7 Å². The van der Waals surface area contributed by atoms with Gasteiger partial charge in [-0.05, 0) is 36.5 Å². The fourth-order valence-corrected chi connectivity index (χ4v) is 5.42. The number of nitrogens with zero attached hydrogens (tertiary/aromatic N) is 3. The summed E-state index contributed by atoms with van der Waals surface area (Å²) in [6.45, 7) is 0. The predicted molar refractivity (Wildman–Crippen MR) is 121 cm³/mol. The molecule has 9 nitrogen and oxygen atoms in total. The fraction of sp³-hybridized carbons (Fsp3) is 0.238. The molecule has 3 aromatic rings. The summed E-state index contributed by atoms with van der Waals surface area (Å²) in [6, 6.07) is 5.57. The highest BCUT2D eigenvalue weighted by molar-refractivity contribution is 8.01. The average Bonchev–Trinajstić information content (AvgIpc) is 3.48. The third kappa shape index (κ3) is 4.78. The summed E-state index contributed by atoms with van der Waals surface area (Å²) in [7, 11) is 0. The van der Waals surface area contributed by atoms with Crippen molar-refractivity contribution in [3.8, 4) is 0 Å². The van der Waals surface area contributed by atoms with E-state index >= 15 is 0 Å². The predicted octanol–water partition coefficient (Wildman–Crippen LogP) is 4.61. The van der Waals surface area contributed by atoms with Crippen molar-refractivity contribution in [3.63, 3.8) is 0 Å². The lowest BCUT2D eigenvalue weighted by Crippen LogP contribution is -2.18. The van der Waals surface area contributed by atoms with Crippen LogP contribution in [0.25, 0.3) is 0 Å². The van der Waals surface area contributed by atoms with Crippen LogP contribution in [0.5, 0.6) is 0 Å². The van der Waals surface area contributed by atoms with Crippen LogP contribution >= 0.6 is 23.1 Å². The lowest BCUT2D eigenvalue weighted by molar-refractivity contribution is -0.384. The number of aromatic nitrogens is 2. The first-order valence-electron chi connectivity index (χ1n) is 9.88. The Morgan fingerprint density at radius 1 is 1.19 bits per heavy atom. The largest absolute Gasteiger partial charge is 0.366 e. The number of carbonyl (C=O) groups excluding carboxylic acids is 2. The van der Waals surface area contributed by atoms with E-state index in [9.17, 15) is 19.7 Å². The van der Waals surface area contributed by atoms with Crippen molar-refractivity contribution in [2.45, 2.75) is 40.7 Å². The number of benzene rings is 1. The standard InChI is InChI=1S/C21H19N5O4S2/c22-20(27)14-8-18(24-9-16(14)12-3-1-2-4-12)25-21(28)15-7-13(26(29)30)5-6-17(15)32-19-10-23-11-31-19/h5-12H,1-4H2,(H2,22,27)(H,24,25,28). The molecule has 0 unspecified atom stereocenters. The number of hydrogen-bond acceptors (Lipinski definition) is 8. The summed E-state index contributed by atoms with van der Waals surface area (Å²) in [6.07, 6.45) is 7.37. The van der Waals surface area contributed by atoms with Gasteiger partial charge in [-0.2, -0.15) is 0 Å². The Morgan fingerprint density at radius 3 is 2.62 bits per heavy atom. The zero-order valence-corrected chi connectivity index (χ0v) is 18.4. The Hall–Kier alpha value is -3.31. The molecule has 0 saturated heterocycles. The monoisotopic (exact) mass is 469 g/mol. The van der Waals surface area contributed by atoms with Crippen molar-refractivity contribution in [3.05, 3.63) is 69.0 Å². The number of anilines is 1. The molecule has 1 aliphatic rings. The van der Waals surface area contributed by atoms with Crippen LogP contribution in [0.15, 0.2) is 51.3 Å². The van der Waals surface area contributed by atoms with Crippen LogP contribution in [-0.4, -0.2) is 26.7 Å². The number of amides is 2. The van der Waals surface area contributed by atoms with Gasteiger partial charge in [0, 0.05) is 28.8 Å². The van der Waals surface area contributed by atoms with Crippen LogP contribution in [0.1, 0.15) is 57.9 Å². The van der Waals surface area contributed by atoms with E-state index in [0.29, 0.717) is 10.5 Å². The molecule has 0 bridgehead atoms. The maximum atomic E-state index is 13.0. The van der Waals surface area contributed by atoms with Crippen molar-refractivity contribution >= 4 is 46.4 Å². The summed E-state index contributed by atoms with van der Waals surface area (Å²) in [5, 5.41) is 13.9. The van der Waals surface area contributed by atoms with Crippen molar-refractivity contribution in [2.24, 2.45) is 5.73 Å². The van der Waals surface area contributed by atoms with Gasteiger partial charge in [0.05, 0.1) is 26.4 Å². The van der Waals surface area contributed by atoms with Crippen molar-refractivity contribution < 1.29 is 14.5 Å². The third-order valence-electron chi connectivity index (χ3n) is 5.28. The summed E-state index contributed by atoms with van der Waals surface area (Å²) in [4.78, 5) is 44.6. The molecule has 1 aromatic carbocycles. The quantitative estimate of drug-likeness (QED) is 0.380. The van der Waals surface area contributed by atoms with Gasteiger partial charge in [0.15, 0.2) is 0 Å². The first-order chi connectivity index (χ1) is 15.4. The van der Waals surface area contributed by atoms with E-state index in [0.717, 1.165) is 35.5 Å². The molecule has 1 fully saturated rings. The number of thiazole rings is 1. The number of nitrogens with two attached hydrogens (primary N) is 1. The fourth-order valence-electron chi connectivity index (χ4n) is 3.75. The summed E-state index contributed by atoms with van der Waals surface area (Å²) < 4.78 is 0.836. The van der Waals surface area contributed by atoms with Crippen molar-refractivity contribution in [1.29, 1.82) is 0 Å². The average molecular weight is 470 g/mol. The van der Waals surface area contributed by atoms with Gasteiger partial charge in [-0.15, -0.1) is 11.3 Å². The lowest BCUT2D eigenvalue weighted by Gasteiger charge is -2.15. The van der Waals surface area contributed by atoms with Crippen LogP contribution < -0.4 is 11.1 Å². The van der Waals surface area contributed by atoms with Crippen molar-refractivity contribution in [2.75, 3.05) is 5.32 Å². The molecular formula is C21H19N5O4S2. The molecule has 4 rings (SSSR count). The molecule has 164 valence electrons. The van der Waals surface area contributed by atoms with E-state index in [-0.39, 0.29) is 23.0 Å². The summed E-state index contributed by atoms with van der Waals surface area (Å²) in [5.74, 6) is -0.765. The number of nitro groups is 1. The van der Waals surface area contributed by atoms with Crippen LogP contribution in [0.4, 0.5) is 11.5 Å². The zero-order chi connectivity index (χ0) is 22.7. The highest BCUT2D eigenvalue weighted by Crippen LogP contribution is 2.37. The second-order valence-corrected chi connectivity index (χ2v) is 9.55. The van der Waals surface area contributed by atoms with Gasteiger partial charge in [0.2, 0.25) is 5.91 Å². The van der Waals surface area contributed by atoms with Gasteiger partial charge in [0.1, 0.15) is 5.82 Å². The van der Waals surface area contributed by atoms with Gasteiger partial charge in [-0.25, -0.2) is 4.98 Å². The van der Waals surface area contributed by atoms with E-state index in [1.54, 1.807) is 17.9 Å². The molecule has 0 aliphatic heterocycles. The summed E-state index contributed by atoms with van der Waals surface area (Å²) in [5.41, 5.74) is 8.30. The highest BCUT2D eigenvalue weighted by Gasteiger charge is 2.24. The molecule has 1 saturated carbocycles. The second kappa shape index (κ2) is 9.45. The third-order valence-corrected chi connectivity index (χ3v) is 7.26. The molecule has 2 heterocycles. The van der Waals surface area contributed by atoms with Gasteiger partial charge in [-0.1, -0.05) is 24.6 Å². The van der Waals surface area contributed by atoms with Gasteiger partial charge >= 0.3 is 0 Å². The lowest BCUT2D eigenvalue weighted by atomic mass is 9.94. The molecule has 0 spiro atoms. The summed E-state index contributed by atoms with van der Waals surface area (Å²) >= 11 is 2.68. The van der Waals surface area contributed by atoms with Crippen LogP contribution in [0.2, 0.25) is 0 Å². The minimum atomic E-state index is -0.582. The first-order valence-corrected chi connectivity index (χ1v) is 11.6. The molecule has 11 heteroatoms. The van der Waals surface area contributed by atoms with Gasteiger partial charge < -0.3 is 11.1 Å². The Morgan fingerprint density at radius 2 is 1.97 bits per heavy atom. The number of non-ortho nitro benzene ring substituents is 1. The number of carbonyl (C=O) groups is 2.